The summed E-state index contributed by atoms with van der Waals surface area (Å²) in [5.41, 5.74) is 5.38. The fourth-order valence-electron chi connectivity index (χ4n) is 6.97. The van der Waals surface area contributed by atoms with Gasteiger partial charge in [-0.15, -0.1) is 0 Å². The molecule has 2 unspecified atom stereocenters. The Hall–Kier alpha value is -2.06. The average Bonchev–Trinajstić information content (AvgIpc) is 3.26. The van der Waals surface area contributed by atoms with Crippen LogP contribution in [0.15, 0.2) is 72.9 Å². The lowest BCUT2D eigenvalue weighted by Gasteiger charge is -2.20. The fraction of sp³-hybridized carbons (Fsp3) is 0.755. The molecule has 0 aliphatic rings. The minimum absolute atomic E-state index is 0.0852. The van der Waals surface area contributed by atoms with Gasteiger partial charge in [-0.1, -0.05) is 234 Å². The summed E-state index contributed by atoms with van der Waals surface area (Å²) < 4.78 is 33.5. The number of rotatable bonds is 48. The number of phosphoric acid groups is 1. The van der Waals surface area contributed by atoms with E-state index in [9.17, 15) is 14.3 Å². The topological polar surface area (TPSA) is 117 Å². The summed E-state index contributed by atoms with van der Waals surface area (Å²) in [6, 6.07) is 0. The Labute approximate surface area is 382 Å². The number of hydrogen-bond acceptors (Lipinski definition) is 7. The van der Waals surface area contributed by atoms with Gasteiger partial charge in [-0.25, -0.2) is 4.57 Å². The van der Waals surface area contributed by atoms with E-state index in [1.165, 1.54) is 141 Å². The molecule has 0 heterocycles. The Morgan fingerprint density at radius 3 is 1.26 bits per heavy atom. The van der Waals surface area contributed by atoms with Crippen LogP contribution in [0.25, 0.3) is 0 Å². The molecule has 360 valence electrons. The lowest BCUT2D eigenvalue weighted by atomic mass is 10.0. The van der Waals surface area contributed by atoms with E-state index < -0.39 is 19.9 Å². The van der Waals surface area contributed by atoms with Crippen LogP contribution >= 0.6 is 7.82 Å². The number of esters is 1. The minimum atomic E-state index is -4.30. The molecule has 0 aromatic heterocycles. The number of phosphoric ester groups is 1. The van der Waals surface area contributed by atoms with Gasteiger partial charge in [0.25, 0.3) is 0 Å². The molecule has 0 amide bonds. The maximum atomic E-state index is 12.6. The predicted octanol–water partition coefficient (Wildman–Crippen LogP) is 15.9. The highest BCUT2D eigenvalue weighted by Crippen LogP contribution is 2.43. The van der Waals surface area contributed by atoms with Gasteiger partial charge in [-0.3, -0.25) is 13.8 Å². The van der Waals surface area contributed by atoms with Crippen molar-refractivity contribution in [2.75, 3.05) is 33.0 Å². The van der Waals surface area contributed by atoms with Crippen LogP contribution < -0.4 is 5.73 Å². The molecule has 0 aliphatic carbocycles. The monoisotopic (exact) mass is 890 g/mol. The zero-order valence-electron chi connectivity index (χ0n) is 40.1. The number of allylic oxidation sites excluding steroid dienone is 12. The van der Waals surface area contributed by atoms with E-state index in [2.05, 4.69) is 74.6 Å². The second-order valence-electron chi connectivity index (χ2n) is 16.7. The molecule has 8 nitrogen and oxygen atoms in total. The first-order valence-electron chi connectivity index (χ1n) is 25.4. The summed E-state index contributed by atoms with van der Waals surface area (Å²) in [5.74, 6) is -0.410. The summed E-state index contributed by atoms with van der Waals surface area (Å²) in [6.07, 6.45) is 63.9. The number of ether oxygens (including phenoxy) is 2. The second kappa shape index (κ2) is 49.9. The van der Waals surface area contributed by atoms with Gasteiger partial charge in [0.2, 0.25) is 0 Å². The van der Waals surface area contributed by atoms with E-state index in [-0.39, 0.29) is 32.8 Å². The SMILES string of the molecule is CC/C=C\C/C=C\C/C=C\C/C=C\C/C=C\C/C=C\CCC(=O)OC(COCCCCCCCCCCCCCCCCCCCCCCCCCC)COP(=O)(O)OCCN. The Balaban J connectivity index is 4.01. The molecule has 0 radical (unpaired) electrons. The van der Waals surface area contributed by atoms with Crippen LogP contribution in [0.3, 0.4) is 0 Å². The van der Waals surface area contributed by atoms with Gasteiger partial charge >= 0.3 is 13.8 Å². The molecule has 0 spiro atoms. The number of hydrogen-bond donors (Lipinski definition) is 2. The zero-order chi connectivity index (χ0) is 45.1. The largest absolute Gasteiger partial charge is 0.472 e. The third-order valence-electron chi connectivity index (χ3n) is 10.7. The van der Waals surface area contributed by atoms with Crippen LogP contribution in [0.2, 0.25) is 0 Å². The third kappa shape index (κ3) is 49.0. The highest BCUT2D eigenvalue weighted by molar-refractivity contribution is 7.47. The van der Waals surface area contributed by atoms with Crippen LogP contribution in [0.5, 0.6) is 0 Å². The first-order valence-corrected chi connectivity index (χ1v) is 26.9. The van der Waals surface area contributed by atoms with Crippen molar-refractivity contribution in [1.82, 2.24) is 0 Å². The van der Waals surface area contributed by atoms with Crippen molar-refractivity contribution in [3.63, 3.8) is 0 Å². The van der Waals surface area contributed by atoms with E-state index in [0.717, 1.165) is 51.4 Å². The van der Waals surface area contributed by atoms with Gasteiger partial charge in [0.15, 0.2) is 0 Å². The lowest BCUT2D eigenvalue weighted by Crippen LogP contribution is -2.28. The molecule has 3 N–H and O–H groups in total. The van der Waals surface area contributed by atoms with Crippen molar-refractivity contribution >= 4 is 13.8 Å². The summed E-state index contributed by atoms with van der Waals surface area (Å²) in [7, 11) is -4.30. The normalized spacial score (nSPS) is 13.9. The van der Waals surface area contributed by atoms with E-state index in [1.54, 1.807) is 0 Å². The van der Waals surface area contributed by atoms with E-state index in [0.29, 0.717) is 13.0 Å². The third-order valence-corrected chi connectivity index (χ3v) is 11.6. The second-order valence-corrected chi connectivity index (χ2v) is 18.1. The molecular formula is C53H96NO7P. The van der Waals surface area contributed by atoms with Crippen LogP contribution in [-0.4, -0.2) is 49.9 Å². The standard InChI is InChI=1S/C53H96NO7P/c1-3-5-7-9-11-13-15-17-19-21-23-24-25-26-27-29-31-33-35-37-39-41-43-45-48-58-50-52(51-60-62(56,57)59-49-47-54)61-53(55)46-44-42-40-38-36-34-32-30-28-22-20-18-16-14-12-10-8-6-4-2/h6,8,12,14,18,20,28,30,34,36,40,42,52H,3-5,7,9-11,13,15-17,19,21-27,29,31-33,35,37-39,41,43-51,54H2,1-2H3,(H,56,57)/b8-6-,14-12-,20-18-,30-28-,36-34-,42-40-. The van der Waals surface area contributed by atoms with Crippen molar-refractivity contribution < 1.29 is 32.8 Å². The lowest BCUT2D eigenvalue weighted by molar-refractivity contribution is -0.154. The van der Waals surface area contributed by atoms with Crippen molar-refractivity contribution in [3.05, 3.63) is 72.9 Å². The molecule has 0 saturated heterocycles. The van der Waals surface area contributed by atoms with Crippen LogP contribution in [0, 0.1) is 0 Å². The van der Waals surface area contributed by atoms with Crippen LogP contribution in [0.1, 0.15) is 219 Å². The van der Waals surface area contributed by atoms with Crippen molar-refractivity contribution in [2.24, 2.45) is 5.73 Å². The van der Waals surface area contributed by atoms with Gasteiger partial charge in [-0.2, -0.15) is 0 Å². The minimum Gasteiger partial charge on any atom is -0.457 e. The van der Waals surface area contributed by atoms with Crippen LogP contribution in [-0.2, 0) is 27.9 Å². The summed E-state index contributed by atoms with van der Waals surface area (Å²) in [5, 5.41) is 0. The first kappa shape index (κ1) is 59.9. The molecule has 62 heavy (non-hydrogen) atoms. The predicted molar refractivity (Wildman–Crippen MR) is 265 cm³/mol. The van der Waals surface area contributed by atoms with E-state index >= 15 is 0 Å². The Morgan fingerprint density at radius 1 is 0.500 bits per heavy atom. The number of carbonyl (C=O) groups is 1. The summed E-state index contributed by atoms with van der Waals surface area (Å²) in [4.78, 5) is 22.5. The number of carbonyl (C=O) groups excluding carboxylic acids is 1. The van der Waals surface area contributed by atoms with Gasteiger partial charge in [0.05, 0.1) is 19.8 Å². The maximum Gasteiger partial charge on any atom is 0.472 e. The number of nitrogens with two attached hydrogens (primary N) is 1. The highest BCUT2D eigenvalue weighted by Gasteiger charge is 2.25. The van der Waals surface area contributed by atoms with Crippen molar-refractivity contribution in [1.29, 1.82) is 0 Å². The number of unbranched alkanes of at least 4 members (excludes halogenated alkanes) is 23. The quantitative estimate of drug-likeness (QED) is 0.0268. The van der Waals surface area contributed by atoms with Gasteiger partial charge in [0.1, 0.15) is 6.10 Å². The molecule has 0 aliphatic heterocycles. The summed E-state index contributed by atoms with van der Waals surface area (Å²) >= 11 is 0. The fourth-order valence-corrected chi connectivity index (χ4v) is 7.73. The Morgan fingerprint density at radius 2 is 0.871 bits per heavy atom. The Kier molecular flexibility index (Phi) is 48.3. The van der Waals surface area contributed by atoms with Crippen molar-refractivity contribution in [3.8, 4) is 0 Å². The molecule has 0 rings (SSSR count). The summed E-state index contributed by atoms with van der Waals surface area (Å²) in [6.45, 7) is 4.73. The molecule has 0 bridgehead atoms. The molecule has 0 aromatic carbocycles. The maximum absolute atomic E-state index is 12.6. The smallest absolute Gasteiger partial charge is 0.457 e. The highest BCUT2D eigenvalue weighted by atomic mass is 31.2. The molecule has 0 aromatic rings. The van der Waals surface area contributed by atoms with Gasteiger partial charge < -0.3 is 20.1 Å². The molecule has 0 fully saturated rings. The average molecular weight is 890 g/mol. The molecular weight excluding hydrogens is 794 g/mol. The van der Waals surface area contributed by atoms with Gasteiger partial charge in [-0.05, 0) is 51.4 Å². The van der Waals surface area contributed by atoms with Crippen LogP contribution in [0.4, 0.5) is 0 Å². The first-order chi connectivity index (χ1) is 30.4. The Bertz CT molecular complexity index is 1180. The zero-order valence-corrected chi connectivity index (χ0v) is 41.0. The van der Waals surface area contributed by atoms with E-state index in [1.807, 2.05) is 12.2 Å². The molecule has 9 heteroatoms. The van der Waals surface area contributed by atoms with Crippen molar-refractivity contribution in [2.45, 2.75) is 225 Å². The van der Waals surface area contributed by atoms with E-state index in [4.69, 9.17) is 24.3 Å². The molecule has 2 atom stereocenters. The van der Waals surface area contributed by atoms with Gasteiger partial charge in [0, 0.05) is 19.6 Å². The molecule has 0 saturated carbocycles.